The minimum Gasteiger partial charge on any atom is -0.494 e. The number of benzene rings is 3. The fraction of sp³-hybridized carbons (Fsp3) is 0.130. The van der Waals surface area contributed by atoms with Gasteiger partial charge in [-0.25, -0.2) is 12.8 Å². The van der Waals surface area contributed by atoms with E-state index >= 15 is 0 Å². The van der Waals surface area contributed by atoms with Crippen LogP contribution in [0, 0.1) is 5.82 Å². The highest BCUT2D eigenvalue weighted by Gasteiger charge is 2.15. The Morgan fingerprint density at radius 2 is 1.48 bits per heavy atom. The summed E-state index contributed by atoms with van der Waals surface area (Å²) in [7, 11) is -3.90. The van der Waals surface area contributed by atoms with Gasteiger partial charge >= 0.3 is 0 Å². The molecule has 3 rings (SSSR count). The maximum atomic E-state index is 13.0. The fourth-order valence-corrected chi connectivity index (χ4v) is 3.85. The minimum absolute atomic E-state index is 0.0933. The summed E-state index contributed by atoms with van der Waals surface area (Å²) in [6.07, 6.45) is 0. The number of sulfonamides is 1. The van der Waals surface area contributed by atoms with Gasteiger partial charge in [0.2, 0.25) is 5.91 Å². The Balaban J connectivity index is 1.52. The van der Waals surface area contributed by atoms with Gasteiger partial charge in [0.25, 0.3) is 15.9 Å². The summed E-state index contributed by atoms with van der Waals surface area (Å²) in [5.41, 5.74) is 1.04. The van der Waals surface area contributed by atoms with Crippen molar-refractivity contribution in [3.63, 3.8) is 0 Å². The van der Waals surface area contributed by atoms with Crippen LogP contribution in [0.1, 0.15) is 17.3 Å². The van der Waals surface area contributed by atoms with Crippen LogP contribution in [0.5, 0.6) is 5.75 Å². The molecule has 0 atom stereocenters. The van der Waals surface area contributed by atoms with Crippen LogP contribution in [0.15, 0.2) is 77.7 Å². The molecule has 0 aliphatic heterocycles. The Bertz CT molecular complexity index is 1210. The number of halogens is 1. The van der Waals surface area contributed by atoms with Crippen LogP contribution in [0.2, 0.25) is 0 Å². The highest BCUT2D eigenvalue weighted by atomic mass is 32.2. The first-order valence-corrected chi connectivity index (χ1v) is 11.4. The average Bonchev–Trinajstić information content (AvgIpc) is 2.79. The van der Waals surface area contributed by atoms with Gasteiger partial charge in [-0.05, 0) is 79.7 Å². The second-order valence-electron chi connectivity index (χ2n) is 6.83. The number of amides is 2. The molecule has 3 aromatic rings. The maximum absolute atomic E-state index is 13.0. The van der Waals surface area contributed by atoms with Crippen molar-refractivity contribution in [3.05, 3.63) is 84.2 Å². The van der Waals surface area contributed by atoms with Crippen LogP contribution in [0.25, 0.3) is 0 Å². The summed E-state index contributed by atoms with van der Waals surface area (Å²) >= 11 is 0. The van der Waals surface area contributed by atoms with Gasteiger partial charge in [-0.15, -0.1) is 0 Å². The second-order valence-corrected chi connectivity index (χ2v) is 8.51. The number of anilines is 2. The summed E-state index contributed by atoms with van der Waals surface area (Å²) in [6, 6.07) is 16.9. The Morgan fingerprint density at radius 1 is 0.879 bits per heavy atom. The van der Waals surface area contributed by atoms with E-state index in [9.17, 15) is 22.4 Å². The van der Waals surface area contributed by atoms with E-state index in [1.54, 1.807) is 24.3 Å². The topological polar surface area (TPSA) is 114 Å². The molecule has 0 radical (unpaired) electrons. The molecule has 8 nitrogen and oxygen atoms in total. The number of carbonyl (C=O) groups excluding carboxylic acids is 2. The van der Waals surface area contributed by atoms with E-state index in [1.165, 1.54) is 24.3 Å². The Kier molecular flexibility index (Phi) is 7.62. The van der Waals surface area contributed by atoms with Crippen molar-refractivity contribution in [2.75, 3.05) is 23.2 Å². The molecule has 0 aromatic heterocycles. The Labute approximate surface area is 190 Å². The molecule has 33 heavy (non-hydrogen) atoms. The number of nitrogens with one attached hydrogen (secondary N) is 3. The summed E-state index contributed by atoms with van der Waals surface area (Å²) in [6.45, 7) is 2.17. The minimum atomic E-state index is -3.90. The monoisotopic (exact) mass is 471 g/mol. The first kappa shape index (κ1) is 23.7. The molecule has 172 valence electrons. The molecule has 0 bridgehead atoms. The number of carbonyl (C=O) groups is 2. The van der Waals surface area contributed by atoms with E-state index in [1.807, 2.05) is 6.92 Å². The van der Waals surface area contributed by atoms with Crippen LogP contribution in [-0.4, -0.2) is 33.4 Å². The fourth-order valence-electron chi connectivity index (χ4n) is 2.79. The SMILES string of the molecule is CCOc1ccc(NC(=O)CNC(=O)c2ccc(NS(=O)(=O)c3ccc(F)cc3)cc2)cc1. The molecule has 0 saturated carbocycles. The number of hydrogen-bond donors (Lipinski definition) is 3. The van der Waals surface area contributed by atoms with Gasteiger partial charge in [0.15, 0.2) is 0 Å². The smallest absolute Gasteiger partial charge is 0.261 e. The van der Waals surface area contributed by atoms with Gasteiger partial charge in [-0.3, -0.25) is 14.3 Å². The highest BCUT2D eigenvalue weighted by molar-refractivity contribution is 7.92. The van der Waals surface area contributed by atoms with Gasteiger partial charge < -0.3 is 15.4 Å². The Morgan fingerprint density at radius 3 is 2.09 bits per heavy atom. The van der Waals surface area contributed by atoms with E-state index in [2.05, 4.69) is 15.4 Å². The second kappa shape index (κ2) is 10.6. The molecule has 0 fully saturated rings. The van der Waals surface area contributed by atoms with Crippen molar-refractivity contribution >= 4 is 33.2 Å². The largest absolute Gasteiger partial charge is 0.494 e. The van der Waals surface area contributed by atoms with E-state index < -0.39 is 27.7 Å². The third kappa shape index (κ3) is 6.78. The molecule has 3 aromatic carbocycles. The van der Waals surface area contributed by atoms with Crippen LogP contribution in [-0.2, 0) is 14.8 Å². The third-order valence-corrected chi connectivity index (χ3v) is 5.78. The molecular formula is C23H22FN3O5S. The lowest BCUT2D eigenvalue weighted by molar-refractivity contribution is -0.115. The van der Waals surface area contributed by atoms with Crippen molar-refractivity contribution in [1.29, 1.82) is 0 Å². The number of hydrogen-bond acceptors (Lipinski definition) is 5. The molecule has 0 aliphatic carbocycles. The molecule has 0 spiro atoms. The lowest BCUT2D eigenvalue weighted by Gasteiger charge is -2.10. The van der Waals surface area contributed by atoms with Gasteiger partial charge in [-0.1, -0.05) is 0 Å². The Hall–Kier alpha value is -3.92. The number of rotatable bonds is 9. The third-order valence-electron chi connectivity index (χ3n) is 4.38. The standard InChI is InChI=1S/C23H22FN3O5S/c1-2-32-20-11-9-18(10-12-20)26-22(28)15-25-23(29)16-3-7-19(8-4-16)27-33(30,31)21-13-5-17(24)6-14-21/h3-14,27H,2,15H2,1H3,(H,25,29)(H,26,28). The zero-order valence-electron chi connectivity index (χ0n) is 17.7. The zero-order valence-corrected chi connectivity index (χ0v) is 18.5. The van der Waals surface area contributed by atoms with Crippen LogP contribution < -0.4 is 20.1 Å². The van der Waals surface area contributed by atoms with E-state index in [0.29, 0.717) is 18.0 Å². The van der Waals surface area contributed by atoms with Gasteiger partial charge in [0.1, 0.15) is 11.6 Å². The predicted molar refractivity (Wildman–Crippen MR) is 122 cm³/mol. The molecule has 2 amide bonds. The molecule has 10 heteroatoms. The molecule has 0 saturated heterocycles. The van der Waals surface area contributed by atoms with E-state index in [4.69, 9.17) is 4.74 Å². The van der Waals surface area contributed by atoms with E-state index in [-0.39, 0.29) is 22.7 Å². The van der Waals surface area contributed by atoms with Crippen molar-refractivity contribution < 1.29 is 27.1 Å². The summed E-state index contributed by atoms with van der Waals surface area (Å²) < 4.78 is 45.4. The van der Waals surface area contributed by atoms with Gasteiger partial charge in [-0.2, -0.15) is 0 Å². The van der Waals surface area contributed by atoms with Crippen molar-refractivity contribution in [3.8, 4) is 5.75 Å². The first-order chi connectivity index (χ1) is 15.8. The van der Waals surface area contributed by atoms with E-state index in [0.717, 1.165) is 24.3 Å². The first-order valence-electron chi connectivity index (χ1n) is 9.96. The normalized spacial score (nSPS) is 10.8. The van der Waals surface area contributed by atoms with Crippen molar-refractivity contribution in [2.45, 2.75) is 11.8 Å². The van der Waals surface area contributed by atoms with Crippen molar-refractivity contribution in [1.82, 2.24) is 5.32 Å². The summed E-state index contributed by atoms with van der Waals surface area (Å²) in [5.74, 6) is -0.759. The average molecular weight is 472 g/mol. The summed E-state index contributed by atoms with van der Waals surface area (Å²) in [4.78, 5) is 24.3. The zero-order chi connectivity index (χ0) is 23.8. The lowest BCUT2D eigenvalue weighted by atomic mass is 10.2. The number of ether oxygens (including phenoxy) is 1. The molecule has 3 N–H and O–H groups in total. The lowest BCUT2D eigenvalue weighted by Crippen LogP contribution is -2.32. The quantitative estimate of drug-likeness (QED) is 0.443. The van der Waals surface area contributed by atoms with Gasteiger partial charge in [0.05, 0.1) is 18.0 Å². The van der Waals surface area contributed by atoms with Crippen LogP contribution in [0.4, 0.5) is 15.8 Å². The molecule has 0 unspecified atom stereocenters. The molecular weight excluding hydrogens is 449 g/mol. The van der Waals surface area contributed by atoms with Gasteiger partial charge in [0, 0.05) is 16.9 Å². The highest BCUT2D eigenvalue weighted by Crippen LogP contribution is 2.17. The maximum Gasteiger partial charge on any atom is 0.261 e. The van der Waals surface area contributed by atoms with Crippen molar-refractivity contribution in [2.24, 2.45) is 0 Å². The summed E-state index contributed by atoms with van der Waals surface area (Å²) in [5, 5.41) is 5.16. The van der Waals surface area contributed by atoms with Crippen LogP contribution in [0.3, 0.4) is 0 Å². The van der Waals surface area contributed by atoms with Crippen LogP contribution >= 0.6 is 0 Å². The molecule has 0 aliphatic rings. The predicted octanol–water partition coefficient (Wildman–Crippen LogP) is 3.39. The molecule has 0 heterocycles.